The number of benzene rings is 1. The normalized spacial score (nSPS) is 12.4. The minimum atomic E-state index is 0.182. The summed E-state index contributed by atoms with van der Waals surface area (Å²) in [7, 11) is 0. The fourth-order valence-electron chi connectivity index (χ4n) is 1.73. The monoisotopic (exact) mass is 218 g/mol. The maximum atomic E-state index is 5.81. The molecule has 1 aromatic carbocycles. The first-order valence-corrected chi connectivity index (χ1v) is 5.86. The van der Waals surface area contributed by atoms with E-state index in [-0.39, 0.29) is 6.04 Å². The van der Waals surface area contributed by atoms with Crippen LogP contribution in [0.4, 0.5) is 0 Å². The molecule has 0 fully saturated rings. The molecule has 16 heavy (non-hydrogen) atoms. The molecule has 1 atom stereocenters. The van der Waals surface area contributed by atoms with Gasteiger partial charge in [-0.2, -0.15) is 0 Å². The molecule has 0 saturated heterocycles. The lowest BCUT2D eigenvalue weighted by atomic mass is 10.0. The second-order valence-corrected chi connectivity index (χ2v) is 4.27. The molecule has 2 heteroatoms. The summed E-state index contributed by atoms with van der Waals surface area (Å²) in [5.74, 6) is 0. The van der Waals surface area contributed by atoms with Crippen LogP contribution < -0.4 is 11.1 Å². The van der Waals surface area contributed by atoms with Crippen LogP contribution >= 0.6 is 0 Å². The van der Waals surface area contributed by atoms with Gasteiger partial charge in [0.25, 0.3) is 0 Å². The van der Waals surface area contributed by atoms with Crippen LogP contribution in [0.25, 0.3) is 0 Å². The lowest BCUT2D eigenvalue weighted by Crippen LogP contribution is -2.36. The molecule has 0 heterocycles. The molecule has 0 radical (unpaired) electrons. The lowest BCUT2D eigenvalue weighted by Gasteiger charge is -2.18. The Hall–Kier alpha value is -1.28. The molecule has 0 saturated carbocycles. The first kappa shape index (κ1) is 12.8. The smallest absolute Gasteiger partial charge is 0.0502 e. The Kier molecular flexibility index (Phi) is 5.06. The Labute approximate surface area is 98.6 Å². The van der Waals surface area contributed by atoms with E-state index in [0.717, 1.165) is 25.1 Å². The molecule has 0 bridgehead atoms. The van der Waals surface area contributed by atoms with E-state index >= 15 is 0 Å². The van der Waals surface area contributed by atoms with Crippen molar-refractivity contribution in [1.29, 1.82) is 0 Å². The molecular formula is C14H22N2. The standard InChI is InChI=1S/C14H22N2/c1-4-8-16-14(12(3)15)10-13-7-5-6-11(2)9-13/h5-7,9,14,16H,3-4,8,10,15H2,1-2H3. The highest BCUT2D eigenvalue weighted by atomic mass is 14.9. The molecule has 3 N–H and O–H groups in total. The van der Waals surface area contributed by atoms with Crippen LogP contribution in [-0.4, -0.2) is 12.6 Å². The number of nitrogens with two attached hydrogens (primary N) is 1. The van der Waals surface area contributed by atoms with Gasteiger partial charge >= 0.3 is 0 Å². The Balaban J connectivity index is 2.64. The zero-order valence-electron chi connectivity index (χ0n) is 10.3. The second-order valence-electron chi connectivity index (χ2n) is 4.27. The second kappa shape index (κ2) is 6.33. The third-order valence-electron chi connectivity index (χ3n) is 2.61. The van der Waals surface area contributed by atoms with Crippen molar-refractivity contribution >= 4 is 0 Å². The average molecular weight is 218 g/mol. The summed E-state index contributed by atoms with van der Waals surface area (Å²) in [6.07, 6.45) is 2.02. The summed E-state index contributed by atoms with van der Waals surface area (Å²) in [5.41, 5.74) is 9.12. The van der Waals surface area contributed by atoms with Gasteiger partial charge in [0.2, 0.25) is 0 Å². The number of hydrogen-bond donors (Lipinski definition) is 2. The van der Waals surface area contributed by atoms with E-state index in [9.17, 15) is 0 Å². The Morgan fingerprint density at radius 2 is 2.25 bits per heavy atom. The van der Waals surface area contributed by atoms with Crippen molar-refractivity contribution in [3.05, 3.63) is 47.7 Å². The zero-order chi connectivity index (χ0) is 12.0. The van der Waals surface area contributed by atoms with Gasteiger partial charge in [0.15, 0.2) is 0 Å². The Morgan fingerprint density at radius 3 is 2.81 bits per heavy atom. The van der Waals surface area contributed by atoms with Crippen LogP contribution in [-0.2, 0) is 6.42 Å². The predicted molar refractivity (Wildman–Crippen MR) is 70.3 cm³/mol. The minimum Gasteiger partial charge on any atom is -0.401 e. The van der Waals surface area contributed by atoms with E-state index in [1.807, 2.05) is 0 Å². The third kappa shape index (κ3) is 4.07. The minimum absolute atomic E-state index is 0.182. The zero-order valence-corrected chi connectivity index (χ0v) is 10.3. The molecule has 0 aliphatic heterocycles. The van der Waals surface area contributed by atoms with Crippen LogP contribution in [0.15, 0.2) is 36.5 Å². The van der Waals surface area contributed by atoms with E-state index in [1.165, 1.54) is 11.1 Å². The number of nitrogens with one attached hydrogen (secondary N) is 1. The van der Waals surface area contributed by atoms with Crippen molar-refractivity contribution in [2.75, 3.05) is 6.54 Å². The van der Waals surface area contributed by atoms with Gasteiger partial charge in [-0.3, -0.25) is 0 Å². The molecule has 0 spiro atoms. The van der Waals surface area contributed by atoms with E-state index in [2.05, 4.69) is 50.0 Å². The highest BCUT2D eigenvalue weighted by Gasteiger charge is 2.09. The maximum Gasteiger partial charge on any atom is 0.0502 e. The van der Waals surface area contributed by atoms with Crippen LogP contribution in [0.3, 0.4) is 0 Å². The van der Waals surface area contributed by atoms with Gasteiger partial charge in [-0.1, -0.05) is 43.3 Å². The van der Waals surface area contributed by atoms with Crippen LogP contribution in [0.2, 0.25) is 0 Å². The van der Waals surface area contributed by atoms with Gasteiger partial charge in [0.05, 0.1) is 6.04 Å². The Morgan fingerprint density at radius 1 is 1.50 bits per heavy atom. The van der Waals surface area contributed by atoms with Crippen molar-refractivity contribution in [2.45, 2.75) is 32.7 Å². The highest BCUT2D eigenvalue weighted by Crippen LogP contribution is 2.09. The number of aryl methyl sites for hydroxylation is 1. The lowest BCUT2D eigenvalue weighted by molar-refractivity contribution is 0.560. The first-order chi connectivity index (χ1) is 7.63. The quantitative estimate of drug-likeness (QED) is 0.769. The fourth-order valence-corrected chi connectivity index (χ4v) is 1.73. The fraction of sp³-hybridized carbons (Fsp3) is 0.429. The van der Waals surface area contributed by atoms with E-state index < -0.39 is 0 Å². The van der Waals surface area contributed by atoms with Crippen molar-refractivity contribution < 1.29 is 0 Å². The molecule has 1 aromatic rings. The summed E-state index contributed by atoms with van der Waals surface area (Å²) in [6.45, 7) is 9.08. The third-order valence-corrected chi connectivity index (χ3v) is 2.61. The Bertz CT molecular complexity index is 344. The molecule has 0 aliphatic carbocycles. The van der Waals surface area contributed by atoms with E-state index in [4.69, 9.17) is 5.73 Å². The van der Waals surface area contributed by atoms with Crippen molar-refractivity contribution in [2.24, 2.45) is 5.73 Å². The van der Waals surface area contributed by atoms with E-state index in [1.54, 1.807) is 0 Å². The van der Waals surface area contributed by atoms with Gasteiger partial charge in [-0.05, 0) is 31.9 Å². The summed E-state index contributed by atoms with van der Waals surface area (Å²) < 4.78 is 0. The summed E-state index contributed by atoms with van der Waals surface area (Å²) in [4.78, 5) is 0. The van der Waals surface area contributed by atoms with Crippen LogP contribution in [0, 0.1) is 6.92 Å². The van der Waals surface area contributed by atoms with Crippen LogP contribution in [0.5, 0.6) is 0 Å². The van der Waals surface area contributed by atoms with Crippen LogP contribution in [0.1, 0.15) is 24.5 Å². The molecule has 0 amide bonds. The highest BCUT2D eigenvalue weighted by molar-refractivity contribution is 5.24. The molecule has 0 aliphatic rings. The topological polar surface area (TPSA) is 38.0 Å². The molecule has 1 rings (SSSR count). The number of rotatable bonds is 6. The molecule has 88 valence electrons. The summed E-state index contributed by atoms with van der Waals surface area (Å²) >= 11 is 0. The van der Waals surface area contributed by atoms with Gasteiger partial charge in [-0.25, -0.2) is 0 Å². The van der Waals surface area contributed by atoms with Gasteiger partial charge in [0.1, 0.15) is 0 Å². The van der Waals surface area contributed by atoms with Gasteiger partial charge in [0, 0.05) is 5.70 Å². The van der Waals surface area contributed by atoms with Gasteiger partial charge in [-0.15, -0.1) is 0 Å². The SMILES string of the molecule is C=C(N)C(Cc1cccc(C)c1)NCCC. The predicted octanol–water partition coefficient (Wildman–Crippen LogP) is 2.38. The van der Waals surface area contributed by atoms with Crippen molar-refractivity contribution in [3.8, 4) is 0 Å². The van der Waals surface area contributed by atoms with Gasteiger partial charge < -0.3 is 11.1 Å². The van der Waals surface area contributed by atoms with Crippen molar-refractivity contribution in [3.63, 3.8) is 0 Å². The molecule has 0 aromatic heterocycles. The molecule has 2 nitrogen and oxygen atoms in total. The summed E-state index contributed by atoms with van der Waals surface area (Å²) in [6, 6.07) is 8.71. The van der Waals surface area contributed by atoms with E-state index in [0.29, 0.717) is 0 Å². The number of hydrogen-bond acceptors (Lipinski definition) is 2. The molecule has 1 unspecified atom stereocenters. The summed E-state index contributed by atoms with van der Waals surface area (Å²) in [5, 5.41) is 3.41. The van der Waals surface area contributed by atoms with Crippen molar-refractivity contribution in [1.82, 2.24) is 5.32 Å². The first-order valence-electron chi connectivity index (χ1n) is 5.86. The average Bonchev–Trinajstić information content (AvgIpc) is 2.24. The largest absolute Gasteiger partial charge is 0.401 e. The maximum absolute atomic E-state index is 5.81. The molecular weight excluding hydrogens is 196 g/mol.